The number of hydrogen-bond acceptors (Lipinski definition) is 5. The number of unbranched alkanes of at least 4 members (excludes halogenated alkanes) is 5. The zero-order valence-corrected chi connectivity index (χ0v) is 27.1. The Morgan fingerprint density at radius 3 is 2.02 bits per heavy atom. The molecule has 0 heterocycles. The maximum atomic E-state index is 14.5. The molecule has 238 valence electrons. The fourth-order valence-electron chi connectivity index (χ4n) is 4.86. The Labute approximate surface area is 258 Å². The van der Waals surface area contributed by atoms with Crippen LogP contribution in [0.15, 0.2) is 48.5 Å². The monoisotopic (exact) mass is 595 g/mol. The Morgan fingerprint density at radius 1 is 0.837 bits per heavy atom. The smallest absolute Gasteiger partial charge is 0.408 e. The molecule has 2 atom stereocenters. The first kappa shape index (κ1) is 35.6. The van der Waals surface area contributed by atoms with Crippen LogP contribution in [0, 0.1) is 0 Å². The molecule has 0 aliphatic rings. The van der Waals surface area contributed by atoms with Crippen LogP contribution in [0.5, 0.6) is 5.75 Å². The number of phenolic OH excluding ortho intramolecular Hbond substituents is 1. The molecule has 2 aromatic rings. The highest BCUT2D eigenvalue weighted by Gasteiger charge is 2.36. The molecule has 43 heavy (non-hydrogen) atoms. The normalized spacial score (nSPS) is 12.7. The van der Waals surface area contributed by atoms with Gasteiger partial charge in [0.25, 0.3) is 0 Å². The molecule has 0 aliphatic heterocycles. The summed E-state index contributed by atoms with van der Waals surface area (Å²) in [5.74, 6) is -0.482. The van der Waals surface area contributed by atoms with E-state index in [1.165, 1.54) is 0 Å². The maximum Gasteiger partial charge on any atom is 0.408 e. The van der Waals surface area contributed by atoms with Crippen molar-refractivity contribution in [1.29, 1.82) is 0 Å². The largest absolute Gasteiger partial charge is 0.508 e. The number of hydrogen-bond donors (Lipinski definition) is 3. The summed E-state index contributed by atoms with van der Waals surface area (Å²) in [6.07, 6.45) is 7.02. The number of phenols is 1. The van der Waals surface area contributed by atoms with E-state index in [0.29, 0.717) is 13.1 Å². The van der Waals surface area contributed by atoms with E-state index in [0.717, 1.165) is 68.1 Å². The first-order valence-corrected chi connectivity index (χ1v) is 15.9. The summed E-state index contributed by atoms with van der Waals surface area (Å²) in [6, 6.07) is 12.5. The third-order valence-electron chi connectivity index (χ3n) is 7.24. The summed E-state index contributed by atoms with van der Waals surface area (Å²) in [4.78, 5) is 43.0. The third kappa shape index (κ3) is 12.7. The molecule has 0 radical (unpaired) electrons. The van der Waals surface area contributed by atoms with Gasteiger partial charge >= 0.3 is 6.09 Å². The summed E-state index contributed by atoms with van der Waals surface area (Å²) in [7, 11) is 0. The molecular weight excluding hydrogens is 542 g/mol. The zero-order chi connectivity index (χ0) is 31.8. The predicted molar refractivity (Wildman–Crippen MR) is 172 cm³/mol. The second-order valence-electron chi connectivity index (χ2n) is 12.2. The highest BCUT2D eigenvalue weighted by Crippen LogP contribution is 2.25. The number of aromatic hydroxyl groups is 1. The fraction of sp³-hybridized carbons (Fsp3) is 0.571. The van der Waals surface area contributed by atoms with E-state index in [2.05, 4.69) is 31.4 Å². The van der Waals surface area contributed by atoms with Gasteiger partial charge in [-0.2, -0.15) is 0 Å². The van der Waals surface area contributed by atoms with Crippen LogP contribution in [-0.4, -0.2) is 52.6 Å². The summed E-state index contributed by atoms with van der Waals surface area (Å²) >= 11 is 0. The lowest BCUT2D eigenvalue weighted by molar-refractivity contribution is -0.142. The van der Waals surface area contributed by atoms with Crippen LogP contribution >= 0.6 is 0 Å². The van der Waals surface area contributed by atoms with E-state index >= 15 is 0 Å². The van der Waals surface area contributed by atoms with E-state index < -0.39 is 23.8 Å². The molecule has 0 aromatic heterocycles. The molecule has 2 rings (SSSR count). The van der Waals surface area contributed by atoms with E-state index in [9.17, 15) is 19.5 Å². The minimum absolute atomic E-state index is 0.111. The van der Waals surface area contributed by atoms with Crippen molar-refractivity contribution in [3.8, 4) is 5.75 Å². The molecule has 0 bridgehead atoms. The van der Waals surface area contributed by atoms with Crippen LogP contribution in [0.25, 0.3) is 0 Å². The van der Waals surface area contributed by atoms with Crippen molar-refractivity contribution in [2.24, 2.45) is 0 Å². The molecule has 3 N–H and O–H groups in total. The summed E-state index contributed by atoms with van der Waals surface area (Å²) < 4.78 is 5.52. The van der Waals surface area contributed by atoms with Crippen LogP contribution < -0.4 is 10.6 Å². The Morgan fingerprint density at radius 2 is 1.44 bits per heavy atom. The number of ether oxygens (including phenoxy) is 1. The molecule has 3 amide bonds. The van der Waals surface area contributed by atoms with Crippen molar-refractivity contribution in [2.75, 3.05) is 13.1 Å². The summed E-state index contributed by atoms with van der Waals surface area (Å²) in [5.41, 5.74) is 1.88. The molecule has 2 unspecified atom stereocenters. The lowest BCUT2D eigenvalue weighted by atomic mass is 9.98. The SMILES string of the molecule is CCCCCCCN(C(=O)C(Cc1ccc(O)cc1)NC(=O)OC(C)(C)C)C(C(=O)NCCCC)c1ccc(CC)cc1. The standard InChI is InChI=1S/C35H53N3O5/c1-7-10-12-13-14-24-38(31(32(40)36-23-11-8-2)28-19-15-26(9-3)16-20-28)33(41)30(37-34(42)43-35(4,5)6)25-27-17-21-29(39)22-18-27/h15-22,30-31,39H,7-14,23-25H2,1-6H3,(H,36,40)(H,37,42). The Hall–Kier alpha value is -3.55. The molecule has 0 aliphatic carbocycles. The lowest BCUT2D eigenvalue weighted by Crippen LogP contribution is -2.54. The van der Waals surface area contributed by atoms with Gasteiger partial charge < -0.3 is 25.4 Å². The molecule has 0 fully saturated rings. The first-order chi connectivity index (χ1) is 20.5. The van der Waals surface area contributed by atoms with Crippen molar-refractivity contribution < 1.29 is 24.2 Å². The van der Waals surface area contributed by atoms with Crippen molar-refractivity contribution in [2.45, 2.75) is 117 Å². The van der Waals surface area contributed by atoms with E-state index in [1.807, 2.05) is 24.3 Å². The number of rotatable bonds is 17. The van der Waals surface area contributed by atoms with Gasteiger partial charge in [-0.15, -0.1) is 0 Å². The number of benzene rings is 2. The molecule has 0 saturated heterocycles. The van der Waals surface area contributed by atoms with Crippen LogP contribution in [-0.2, 0) is 27.2 Å². The third-order valence-corrected chi connectivity index (χ3v) is 7.24. The highest BCUT2D eigenvalue weighted by molar-refractivity contribution is 5.92. The summed E-state index contributed by atoms with van der Waals surface area (Å²) in [6.45, 7) is 12.5. The minimum atomic E-state index is -0.990. The minimum Gasteiger partial charge on any atom is -0.508 e. The molecule has 8 nitrogen and oxygen atoms in total. The van der Waals surface area contributed by atoms with E-state index in [4.69, 9.17) is 4.74 Å². The Balaban J connectivity index is 2.54. The second kappa shape index (κ2) is 18.2. The van der Waals surface area contributed by atoms with Crippen molar-refractivity contribution in [1.82, 2.24) is 15.5 Å². The van der Waals surface area contributed by atoms with Gasteiger partial charge in [-0.25, -0.2) is 4.79 Å². The number of aryl methyl sites for hydroxylation is 1. The first-order valence-electron chi connectivity index (χ1n) is 15.9. The van der Waals surface area contributed by atoms with E-state index in [-0.39, 0.29) is 24.0 Å². The van der Waals surface area contributed by atoms with Crippen molar-refractivity contribution in [3.63, 3.8) is 0 Å². The van der Waals surface area contributed by atoms with Gasteiger partial charge in [-0.3, -0.25) is 9.59 Å². The predicted octanol–water partition coefficient (Wildman–Crippen LogP) is 6.85. The quantitative estimate of drug-likeness (QED) is 0.173. The second-order valence-corrected chi connectivity index (χ2v) is 12.2. The number of nitrogens with zero attached hydrogens (tertiary/aromatic N) is 1. The van der Waals surface area contributed by atoms with Crippen LogP contribution in [0.4, 0.5) is 4.79 Å². The van der Waals surface area contributed by atoms with Gasteiger partial charge in [0, 0.05) is 19.5 Å². The highest BCUT2D eigenvalue weighted by atomic mass is 16.6. The number of carbonyl (C=O) groups excluding carboxylic acids is 3. The van der Waals surface area contributed by atoms with Gasteiger partial charge in [-0.1, -0.05) is 89.3 Å². The molecular formula is C35H53N3O5. The van der Waals surface area contributed by atoms with Crippen LogP contribution in [0.1, 0.15) is 109 Å². The average Bonchev–Trinajstić information content (AvgIpc) is 2.96. The van der Waals surface area contributed by atoms with Gasteiger partial charge in [0.2, 0.25) is 11.8 Å². The summed E-state index contributed by atoms with van der Waals surface area (Å²) in [5, 5.41) is 15.6. The zero-order valence-electron chi connectivity index (χ0n) is 27.1. The number of amides is 3. The molecule has 2 aromatic carbocycles. The maximum absolute atomic E-state index is 14.5. The molecule has 8 heteroatoms. The van der Waals surface area contributed by atoms with Gasteiger partial charge in [0.1, 0.15) is 23.4 Å². The van der Waals surface area contributed by atoms with Gasteiger partial charge in [-0.05, 0) is 68.9 Å². The van der Waals surface area contributed by atoms with Crippen LogP contribution in [0.2, 0.25) is 0 Å². The number of alkyl carbamates (subject to hydrolysis) is 1. The van der Waals surface area contributed by atoms with Crippen LogP contribution in [0.3, 0.4) is 0 Å². The Bertz CT molecular complexity index is 1130. The molecule has 0 spiro atoms. The average molecular weight is 596 g/mol. The lowest BCUT2D eigenvalue weighted by Gasteiger charge is -2.35. The van der Waals surface area contributed by atoms with Crippen molar-refractivity contribution in [3.05, 3.63) is 65.2 Å². The molecule has 0 saturated carbocycles. The Kier molecular flexibility index (Phi) is 15.1. The van der Waals surface area contributed by atoms with Gasteiger partial charge in [0.15, 0.2) is 0 Å². The number of carbonyl (C=O) groups is 3. The topological polar surface area (TPSA) is 108 Å². The van der Waals surface area contributed by atoms with Crippen molar-refractivity contribution >= 4 is 17.9 Å². The number of nitrogens with one attached hydrogen (secondary N) is 2. The van der Waals surface area contributed by atoms with Gasteiger partial charge in [0.05, 0.1) is 0 Å². The van der Waals surface area contributed by atoms with E-state index in [1.54, 1.807) is 49.9 Å². The fourth-order valence-corrected chi connectivity index (χ4v) is 4.86.